The van der Waals surface area contributed by atoms with Crippen molar-refractivity contribution in [2.45, 2.75) is 6.18 Å². The van der Waals surface area contributed by atoms with Crippen molar-refractivity contribution in [2.24, 2.45) is 7.05 Å². The number of methoxy groups -OCH3 is 1. The van der Waals surface area contributed by atoms with Gasteiger partial charge in [0, 0.05) is 12.6 Å². The summed E-state index contributed by atoms with van der Waals surface area (Å²) >= 11 is 0. The molecule has 0 atom stereocenters. The number of hydrogen-bond donors (Lipinski definition) is 1. The number of aryl methyl sites for hydroxylation is 1. The van der Waals surface area contributed by atoms with Crippen LogP contribution in [0.2, 0.25) is 0 Å². The van der Waals surface area contributed by atoms with Crippen molar-refractivity contribution in [1.29, 1.82) is 0 Å². The second kappa shape index (κ2) is 4.49. The standard InChI is InChI=1S/C12H12F3N3O/c1-18-11(9(16)6-17-18)7-3-4-8(12(13,14)15)10(5-7)19-2/h3-6H,16H2,1-2H3. The lowest BCUT2D eigenvalue weighted by Gasteiger charge is -2.13. The van der Waals surface area contributed by atoms with Crippen LogP contribution in [0.15, 0.2) is 24.4 Å². The molecule has 0 bridgehead atoms. The molecule has 0 amide bonds. The van der Waals surface area contributed by atoms with Crippen LogP contribution in [0.5, 0.6) is 5.75 Å². The lowest BCUT2D eigenvalue weighted by molar-refractivity contribution is -0.138. The predicted molar refractivity (Wildman–Crippen MR) is 64.6 cm³/mol. The molecule has 0 saturated carbocycles. The van der Waals surface area contributed by atoms with Crippen molar-refractivity contribution < 1.29 is 17.9 Å². The van der Waals surface area contributed by atoms with Gasteiger partial charge in [0.25, 0.3) is 0 Å². The molecule has 0 aliphatic rings. The molecule has 1 heterocycles. The highest BCUT2D eigenvalue weighted by atomic mass is 19.4. The lowest BCUT2D eigenvalue weighted by Crippen LogP contribution is -2.07. The van der Waals surface area contributed by atoms with E-state index in [0.29, 0.717) is 16.9 Å². The fourth-order valence-electron chi connectivity index (χ4n) is 1.88. The molecule has 0 aliphatic carbocycles. The summed E-state index contributed by atoms with van der Waals surface area (Å²) in [5.74, 6) is -0.245. The van der Waals surface area contributed by atoms with E-state index < -0.39 is 11.7 Å². The Labute approximate surface area is 107 Å². The van der Waals surface area contributed by atoms with E-state index in [4.69, 9.17) is 10.5 Å². The van der Waals surface area contributed by atoms with Gasteiger partial charge in [-0.05, 0) is 12.1 Å². The Balaban J connectivity index is 2.57. The van der Waals surface area contributed by atoms with Crippen LogP contribution >= 0.6 is 0 Å². The molecule has 7 heteroatoms. The van der Waals surface area contributed by atoms with E-state index in [1.807, 2.05) is 0 Å². The van der Waals surface area contributed by atoms with Gasteiger partial charge in [0.2, 0.25) is 0 Å². The number of nitrogens with zero attached hydrogens (tertiary/aromatic N) is 2. The summed E-state index contributed by atoms with van der Waals surface area (Å²) in [5.41, 5.74) is 6.38. The van der Waals surface area contributed by atoms with Crippen LogP contribution in [0.3, 0.4) is 0 Å². The number of anilines is 1. The highest BCUT2D eigenvalue weighted by Crippen LogP contribution is 2.39. The fourth-order valence-corrected chi connectivity index (χ4v) is 1.88. The summed E-state index contributed by atoms with van der Waals surface area (Å²) in [7, 11) is 2.86. The second-order valence-electron chi connectivity index (χ2n) is 3.98. The van der Waals surface area contributed by atoms with Gasteiger partial charge in [-0.1, -0.05) is 6.07 Å². The maximum absolute atomic E-state index is 12.7. The average molecular weight is 271 g/mol. The van der Waals surface area contributed by atoms with Crippen molar-refractivity contribution in [3.8, 4) is 17.0 Å². The van der Waals surface area contributed by atoms with Gasteiger partial charge in [-0.25, -0.2) is 0 Å². The van der Waals surface area contributed by atoms with Gasteiger partial charge in [-0.2, -0.15) is 18.3 Å². The maximum atomic E-state index is 12.7. The summed E-state index contributed by atoms with van der Waals surface area (Å²) < 4.78 is 44.5. The van der Waals surface area contributed by atoms with Crippen molar-refractivity contribution in [2.75, 3.05) is 12.8 Å². The Morgan fingerprint density at radius 1 is 1.32 bits per heavy atom. The van der Waals surface area contributed by atoms with E-state index in [0.717, 1.165) is 6.07 Å². The minimum absolute atomic E-state index is 0.245. The van der Waals surface area contributed by atoms with Crippen LogP contribution in [0, 0.1) is 0 Å². The molecule has 0 saturated heterocycles. The molecule has 102 valence electrons. The SMILES string of the molecule is COc1cc(-c2c(N)cnn2C)ccc1C(F)(F)F. The molecule has 0 fully saturated rings. The van der Waals surface area contributed by atoms with Gasteiger partial charge in [-0.15, -0.1) is 0 Å². The molecule has 1 aromatic carbocycles. The quantitative estimate of drug-likeness (QED) is 0.913. The van der Waals surface area contributed by atoms with Crippen LogP contribution in [0.4, 0.5) is 18.9 Å². The topological polar surface area (TPSA) is 53.1 Å². The molecule has 0 unspecified atom stereocenters. The molecule has 2 N–H and O–H groups in total. The second-order valence-corrected chi connectivity index (χ2v) is 3.98. The van der Waals surface area contributed by atoms with Gasteiger partial charge in [-0.3, -0.25) is 4.68 Å². The number of nitrogens with two attached hydrogens (primary N) is 1. The Morgan fingerprint density at radius 2 is 2.00 bits per heavy atom. The summed E-state index contributed by atoms with van der Waals surface area (Å²) in [6.07, 6.45) is -3.01. The van der Waals surface area contributed by atoms with E-state index in [1.165, 1.54) is 30.1 Å². The molecule has 0 spiro atoms. The monoisotopic (exact) mass is 271 g/mol. The first-order valence-electron chi connectivity index (χ1n) is 5.37. The average Bonchev–Trinajstić information content (AvgIpc) is 2.67. The zero-order valence-electron chi connectivity index (χ0n) is 10.3. The van der Waals surface area contributed by atoms with Crippen LogP contribution < -0.4 is 10.5 Å². The molecule has 2 aromatic rings. The Hall–Kier alpha value is -2.18. The Kier molecular flexibility index (Phi) is 3.13. The van der Waals surface area contributed by atoms with Crippen LogP contribution in [-0.2, 0) is 13.2 Å². The normalized spacial score (nSPS) is 11.6. The van der Waals surface area contributed by atoms with Crippen LogP contribution in [-0.4, -0.2) is 16.9 Å². The molecule has 19 heavy (non-hydrogen) atoms. The van der Waals surface area contributed by atoms with Crippen LogP contribution in [0.1, 0.15) is 5.56 Å². The number of alkyl halides is 3. The van der Waals surface area contributed by atoms with E-state index in [-0.39, 0.29) is 5.75 Å². The first-order valence-corrected chi connectivity index (χ1v) is 5.37. The van der Waals surface area contributed by atoms with Gasteiger partial charge in [0.1, 0.15) is 5.75 Å². The number of rotatable bonds is 2. The van der Waals surface area contributed by atoms with Crippen molar-refractivity contribution >= 4 is 5.69 Å². The van der Waals surface area contributed by atoms with Crippen molar-refractivity contribution in [3.63, 3.8) is 0 Å². The zero-order chi connectivity index (χ0) is 14.2. The van der Waals surface area contributed by atoms with E-state index in [1.54, 1.807) is 7.05 Å². The predicted octanol–water partition coefficient (Wildman–Crippen LogP) is 2.70. The molecular formula is C12H12F3N3O. The van der Waals surface area contributed by atoms with E-state index >= 15 is 0 Å². The zero-order valence-corrected chi connectivity index (χ0v) is 10.3. The highest BCUT2D eigenvalue weighted by molar-refractivity contribution is 5.74. The minimum atomic E-state index is -4.46. The largest absolute Gasteiger partial charge is 0.496 e. The molecule has 4 nitrogen and oxygen atoms in total. The first-order chi connectivity index (χ1) is 8.84. The highest BCUT2D eigenvalue weighted by Gasteiger charge is 2.34. The van der Waals surface area contributed by atoms with Crippen molar-refractivity contribution in [1.82, 2.24) is 9.78 Å². The van der Waals surface area contributed by atoms with Gasteiger partial charge in [0.15, 0.2) is 0 Å². The third kappa shape index (κ3) is 2.35. The third-order valence-corrected chi connectivity index (χ3v) is 2.75. The third-order valence-electron chi connectivity index (χ3n) is 2.75. The van der Waals surface area contributed by atoms with Gasteiger partial charge in [0.05, 0.1) is 30.3 Å². The summed E-state index contributed by atoms with van der Waals surface area (Å²) in [6.45, 7) is 0. The Bertz CT molecular complexity index is 585. The van der Waals surface area contributed by atoms with E-state index in [2.05, 4.69) is 5.10 Å². The fraction of sp³-hybridized carbons (Fsp3) is 0.250. The summed E-state index contributed by atoms with van der Waals surface area (Å²) in [5, 5.41) is 3.95. The number of halogens is 3. The molecule has 2 rings (SSSR count). The number of nitrogen functional groups attached to an aromatic ring is 1. The smallest absolute Gasteiger partial charge is 0.419 e. The minimum Gasteiger partial charge on any atom is -0.496 e. The lowest BCUT2D eigenvalue weighted by atomic mass is 10.1. The molecule has 0 radical (unpaired) electrons. The first kappa shape index (κ1) is 13.3. The molecule has 1 aromatic heterocycles. The van der Waals surface area contributed by atoms with E-state index in [9.17, 15) is 13.2 Å². The molecular weight excluding hydrogens is 259 g/mol. The van der Waals surface area contributed by atoms with Gasteiger partial charge < -0.3 is 10.5 Å². The number of aromatic nitrogens is 2. The summed E-state index contributed by atoms with van der Waals surface area (Å²) in [4.78, 5) is 0. The molecule has 0 aliphatic heterocycles. The number of benzene rings is 1. The Morgan fingerprint density at radius 3 is 2.47 bits per heavy atom. The number of hydrogen-bond acceptors (Lipinski definition) is 3. The number of ether oxygens (including phenoxy) is 1. The maximum Gasteiger partial charge on any atom is 0.419 e. The summed E-state index contributed by atoms with van der Waals surface area (Å²) in [6, 6.07) is 3.62. The van der Waals surface area contributed by atoms with Gasteiger partial charge >= 0.3 is 6.18 Å². The van der Waals surface area contributed by atoms with Crippen LogP contribution in [0.25, 0.3) is 11.3 Å². The van der Waals surface area contributed by atoms with Crippen molar-refractivity contribution in [3.05, 3.63) is 30.0 Å².